The maximum Gasteiger partial charge on any atom is 0.251 e. The van der Waals surface area contributed by atoms with E-state index in [0.29, 0.717) is 11.3 Å². The van der Waals surface area contributed by atoms with E-state index in [4.69, 9.17) is 4.42 Å². The van der Waals surface area contributed by atoms with Gasteiger partial charge in [0.15, 0.2) is 0 Å². The summed E-state index contributed by atoms with van der Waals surface area (Å²) in [4.78, 5) is 12.8. The highest BCUT2D eigenvalue weighted by Gasteiger charge is 2.32. The minimum Gasteiger partial charge on any atom is -0.468 e. The normalized spacial score (nSPS) is 24.6. The van der Waals surface area contributed by atoms with E-state index in [0.717, 1.165) is 24.7 Å². The zero-order chi connectivity index (χ0) is 20.3. The number of sulfonamides is 1. The minimum atomic E-state index is -3.66. The van der Waals surface area contributed by atoms with Gasteiger partial charge < -0.3 is 9.73 Å². The van der Waals surface area contributed by atoms with Gasteiger partial charge in [-0.15, -0.1) is 0 Å². The van der Waals surface area contributed by atoms with Crippen molar-refractivity contribution in [1.82, 2.24) is 10.0 Å². The molecule has 0 radical (unpaired) electrons. The Balaban J connectivity index is 1.34. The molecule has 6 nitrogen and oxygen atoms in total. The summed E-state index contributed by atoms with van der Waals surface area (Å²) >= 11 is 0. The Hall–Kier alpha value is -2.12. The molecule has 2 aromatic rings. The van der Waals surface area contributed by atoms with Crippen LogP contribution in [0.4, 0.5) is 0 Å². The van der Waals surface area contributed by atoms with Crippen molar-refractivity contribution in [2.45, 2.75) is 62.4 Å². The van der Waals surface area contributed by atoms with Gasteiger partial charge in [-0.2, -0.15) is 0 Å². The second-order valence-electron chi connectivity index (χ2n) is 8.22. The molecule has 29 heavy (non-hydrogen) atoms. The molecule has 0 aliphatic heterocycles. The van der Waals surface area contributed by atoms with Gasteiger partial charge in [-0.1, -0.05) is 25.7 Å². The number of rotatable bonds is 6. The van der Waals surface area contributed by atoms with Gasteiger partial charge in [-0.3, -0.25) is 4.79 Å². The monoisotopic (exact) mass is 416 g/mol. The topological polar surface area (TPSA) is 88.4 Å². The average molecular weight is 417 g/mol. The van der Waals surface area contributed by atoms with Gasteiger partial charge in [0.25, 0.3) is 5.91 Å². The summed E-state index contributed by atoms with van der Waals surface area (Å²) in [6, 6.07) is 9.72. The highest BCUT2D eigenvalue weighted by Crippen LogP contribution is 2.40. The second kappa shape index (κ2) is 8.71. The lowest BCUT2D eigenvalue weighted by molar-refractivity contribution is 0.0879. The first-order valence-corrected chi connectivity index (χ1v) is 11.9. The maximum atomic E-state index is 12.6. The molecular formula is C22H28N2O4S. The standard InChI is InChI=1S/C22H28N2O4S/c25-22(24-19-10-7-16-4-1-2-5-18(16)14-19)17-8-11-21(12-9-17)29(26,27)23-15-20-6-3-13-28-20/h3,6,8-9,11-13,16,18-19,23H,1-2,4-5,7,10,14-15H2,(H,24,25)/t16-,18-,19-/m1/s1. The molecular weight excluding hydrogens is 388 g/mol. The summed E-state index contributed by atoms with van der Waals surface area (Å²) in [5.41, 5.74) is 0.487. The van der Waals surface area contributed by atoms with Crippen LogP contribution in [0.3, 0.4) is 0 Å². The van der Waals surface area contributed by atoms with Crippen molar-refractivity contribution in [2.24, 2.45) is 11.8 Å². The molecule has 2 N–H and O–H groups in total. The lowest BCUT2D eigenvalue weighted by Gasteiger charge is -2.39. The number of amides is 1. The van der Waals surface area contributed by atoms with Crippen molar-refractivity contribution < 1.29 is 17.6 Å². The molecule has 0 unspecified atom stereocenters. The predicted molar refractivity (Wildman–Crippen MR) is 110 cm³/mol. The molecule has 156 valence electrons. The smallest absolute Gasteiger partial charge is 0.251 e. The van der Waals surface area contributed by atoms with E-state index >= 15 is 0 Å². The molecule has 1 aromatic carbocycles. The van der Waals surface area contributed by atoms with Crippen LogP contribution in [0.5, 0.6) is 0 Å². The average Bonchev–Trinajstić information content (AvgIpc) is 3.26. The van der Waals surface area contributed by atoms with Crippen LogP contribution in [-0.2, 0) is 16.6 Å². The molecule has 7 heteroatoms. The Morgan fingerprint density at radius 2 is 1.76 bits per heavy atom. The van der Waals surface area contributed by atoms with Crippen molar-refractivity contribution in [3.05, 3.63) is 54.0 Å². The molecule has 2 aliphatic rings. The molecule has 0 bridgehead atoms. The Morgan fingerprint density at radius 1 is 1.00 bits per heavy atom. The Kier molecular flexibility index (Phi) is 6.06. The Labute approximate surface area is 172 Å². The molecule has 1 heterocycles. The number of carbonyl (C=O) groups is 1. The molecule has 2 aliphatic carbocycles. The van der Waals surface area contributed by atoms with Gasteiger partial charge in [-0.25, -0.2) is 13.1 Å². The number of hydrogen-bond acceptors (Lipinski definition) is 4. The van der Waals surface area contributed by atoms with E-state index in [1.807, 2.05) is 0 Å². The van der Waals surface area contributed by atoms with Crippen molar-refractivity contribution >= 4 is 15.9 Å². The van der Waals surface area contributed by atoms with Crippen LogP contribution in [0.25, 0.3) is 0 Å². The summed E-state index contributed by atoms with van der Waals surface area (Å²) in [7, 11) is -3.66. The molecule has 4 rings (SSSR count). The van der Waals surface area contributed by atoms with Gasteiger partial charge in [0.05, 0.1) is 17.7 Å². The van der Waals surface area contributed by atoms with Crippen LogP contribution >= 0.6 is 0 Å². The summed E-state index contributed by atoms with van der Waals surface area (Å²) in [6.45, 7) is 0.0847. The van der Waals surface area contributed by atoms with Crippen molar-refractivity contribution in [3.8, 4) is 0 Å². The van der Waals surface area contributed by atoms with Crippen molar-refractivity contribution in [2.75, 3.05) is 0 Å². The van der Waals surface area contributed by atoms with Crippen LogP contribution in [0.1, 0.15) is 61.1 Å². The first-order valence-electron chi connectivity index (χ1n) is 10.4. The molecule has 1 amide bonds. The first-order chi connectivity index (χ1) is 14.0. The fraction of sp³-hybridized carbons (Fsp3) is 0.500. The highest BCUT2D eigenvalue weighted by atomic mass is 32.2. The largest absolute Gasteiger partial charge is 0.468 e. The first kappa shape index (κ1) is 20.2. The highest BCUT2D eigenvalue weighted by molar-refractivity contribution is 7.89. The number of furan rings is 1. The van der Waals surface area contributed by atoms with Gasteiger partial charge in [-0.05, 0) is 67.5 Å². The van der Waals surface area contributed by atoms with Crippen LogP contribution in [0, 0.1) is 11.8 Å². The van der Waals surface area contributed by atoms with E-state index in [1.165, 1.54) is 50.5 Å². The van der Waals surface area contributed by atoms with Crippen LogP contribution < -0.4 is 10.0 Å². The van der Waals surface area contributed by atoms with Gasteiger partial charge in [0.1, 0.15) is 5.76 Å². The van der Waals surface area contributed by atoms with E-state index in [9.17, 15) is 13.2 Å². The fourth-order valence-corrected chi connectivity index (χ4v) is 5.71. The third-order valence-corrected chi connectivity index (χ3v) is 7.74. The molecule has 0 saturated heterocycles. The zero-order valence-corrected chi connectivity index (χ0v) is 17.3. The zero-order valence-electron chi connectivity index (χ0n) is 16.5. The van der Waals surface area contributed by atoms with Crippen LogP contribution in [-0.4, -0.2) is 20.4 Å². The SMILES string of the molecule is O=C(N[C@@H]1CC[C@H]2CCCC[C@@H]2C1)c1ccc(S(=O)(=O)NCc2ccco2)cc1. The molecule has 1 aromatic heterocycles. The molecule has 2 saturated carbocycles. The second-order valence-corrected chi connectivity index (χ2v) is 9.98. The number of hydrogen-bond donors (Lipinski definition) is 2. The Bertz CT molecular complexity index is 922. The summed E-state index contributed by atoms with van der Waals surface area (Å²) < 4.78 is 32.4. The molecule has 0 spiro atoms. The molecule has 3 atom stereocenters. The summed E-state index contributed by atoms with van der Waals surface area (Å²) in [5.74, 6) is 2.00. The number of fused-ring (bicyclic) bond motifs is 1. The number of carbonyl (C=O) groups excluding carboxylic acids is 1. The maximum absolute atomic E-state index is 12.6. The predicted octanol–water partition coefficient (Wildman–Crippen LogP) is 3.85. The van der Waals surface area contributed by atoms with Gasteiger partial charge in [0.2, 0.25) is 10.0 Å². The summed E-state index contributed by atoms with van der Waals surface area (Å²) in [6.07, 6.45) is 10.1. The quantitative estimate of drug-likeness (QED) is 0.749. The van der Waals surface area contributed by atoms with Crippen LogP contribution in [0.15, 0.2) is 52.0 Å². The Morgan fingerprint density at radius 3 is 2.48 bits per heavy atom. The van der Waals surface area contributed by atoms with E-state index in [-0.39, 0.29) is 23.4 Å². The summed E-state index contributed by atoms with van der Waals surface area (Å²) in [5, 5.41) is 3.15. The third kappa shape index (κ3) is 4.90. The lowest BCUT2D eigenvalue weighted by atomic mass is 9.69. The third-order valence-electron chi connectivity index (χ3n) is 6.32. The van der Waals surface area contributed by atoms with Gasteiger partial charge >= 0.3 is 0 Å². The fourth-order valence-electron chi connectivity index (χ4n) is 4.72. The minimum absolute atomic E-state index is 0.0847. The van der Waals surface area contributed by atoms with Gasteiger partial charge in [0, 0.05) is 11.6 Å². The van der Waals surface area contributed by atoms with Crippen molar-refractivity contribution in [1.29, 1.82) is 0 Å². The van der Waals surface area contributed by atoms with E-state index < -0.39 is 10.0 Å². The number of nitrogens with one attached hydrogen (secondary N) is 2. The number of benzene rings is 1. The molecule has 2 fully saturated rings. The van der Waals surface area contributed by atoms with E-state index in [2.05, 4.69) is 10.0 Å². The van der Waals surface area contributed by atoms with Crippen molar-refractivity contribution in [3.63, 3.8) is 0 Å². The van der Waals surface area contributed by atoms with Crippen LogP contribution in [0.2, 0.25) is 0 Å². The van der Waals surface area contributed by atoms with E-state index in [1.54, 1.807) is 24.3 Å². The lowest BCUT2D eigenvalue weighted by Crippen LogP contribution is -2.41.